The summed E-state index contributed by atoms with van der Waals surface area (Å²) in [5.74, 6) is 1.93. The summed E-state index contributed by atoms with van der Waals surface area (Å²) in [6.45, 7) is 8.52. The summed E-state index contributed by atoms with van der Waals surface area (Å²) in [5, 5.41) is 20.3. The lowest BCUT2D eigenvalue weighted by molar-refractivity contribution is -0.226. The van der Waals surface area contributed by atoms with Crippen molar-refractivity contribution < 1.29 is 14.6 Å². The standard InChI is InChI=1S/C25H39NO3/c1-22-9-7-18-19(23(22,2)10-6-17(27)16-22)8-11-25(12-13-26)20(18)4-5-21(25)24(3)28-14-15-29-24/h17-21,27H,4-12,14-16H2,1-3H3/t17-,18?,19?,20?,21?,22?,23?,25?/m1/s1. The van der Waals surface area contributed by atoms with Crippen molar-refractivity contribution in [1.82, 2.24) is 0 Å². The summed E-state index contributed by atoms with van der Waals surface area (Å²) >= 11 is 0. The average Bonchev–Trinajstić information content (AvgIpc) is 3.28. The van der Waals surface area contributed by atoms with Crippen molar-refractivity contribution in [3.63, 3.8) is 0 Å². The quantitative estimate of drug-likeness (QED) is 0.703. The molecule has 5 aliphatic rings. The van der Waals surface area contributed by atoms with E-state index in [-0.39, 0.29) is 16.9 Å². The second-order valence-corrected chi connectivity index (χ2v) is 11.7. The van der Waals surface area contributed by atoms with E-state index in [4.69, 9.17) is 9.47 Å². The van der Waals surface area contributed by atoms with Gasteiger partial charge in [-0.2, -0.15) is 5.26 Å². The van der Waals surface area contributed by atoms with Crippen LogP contribution >= 0.6 is 0 Å². The summed E-state index contributed by atoms with van der Waals surface area (Å²) in [4.78, 5) is 0. The third kappa shape index (κ3) is 2.66. The Labute approximate surface area is 176 Å². The number of aliphatic hydroxyl groups excluding tert-OH is 1. The van der Waals surface area contributed by atoms with Crippen LogP contribution in [0.25, 0.3) is 0 Å². The summed E-state index contributed by atoms with van der Waals surface area (Å²) < 4.78 is 12.3. The molecule has 0 spiro atoms. The average molecular weight is 402 g/mol. The van der Waals surface area contributed by atoms with Crippen LogP contribution in [0.3, 0.4) is 0 Å². The van der Waals surface area contributed by atoms with Crippen LogP contribution in [0.2, 0.25) is 0 Å². The monoisotopic (exact) mass is 401 g/mol. The summed E-state index contributed by atoms with van der Waals surface area (Å²) in [5.41, 5.74) is 0.659. The van der Waals surface area contributed by atoms with Crippen molar-refractivity contribution in [1.29, 1.82) is 5.26 Å². The van der Waals surface area contributed by atoms with Crippen LogP contribution in [0.5, 0.6) is 0 Å². The van der Waals surface area contributed by atoms with E-state index in [2.05, 4.69) is 26.8 Å². The molecule has 1 aliphatic heterocycles. The molecule has 1 heterocycles. The second-order valence-electron chi connectivity index (χ2n) is 11.7. The Morgan fingerprint density at radius 3 is 2.41 bits per heavy atom. The fourth-order valence-electron chi connectivity index (χ4n) is 9.43. The van der Waals surface area contributed by atoms with Crippen molar-refractivity contribution in [2.45, 2.75) is 96.9 Å². The normalized spacial score (nSPS) is 53.6. The lowest BCUT2D eigenvalue weighted by Gasteiger charge is -2.65. The van der Waals surface area contributed by atoms with Crippen LogP contribution in [0.1, 0.15) is 85.0 Å². The number of nitrogens with zero attached hydrogens (tertiary/aromatic N) is 1. The molecule has 5 fully saturated rings. The predicted molar refractivity (Wildman–Crippen MR) is 111 cm³/mol. The molecule has 0 aromatic carbocycles. The molecular weight excluding hydrogens is 362 g/mol. The summed E-state index contributed by atoms with van der Waals surface area (Å²) in [7, 11) is 0. The van der Waals surface area contributed by atoms with E-state index >= 15 is 0 Å². The maximum absolute atomic E-state index is 10.4. The Kier molecular flexibility index (Phi) is 4.67. The van der Waals surface area contributed by atoms with Gasteiger partial charge >= 0.3 is 0 Å². The fraction of sp³-hybridized carbons (Fsp3) is 0.960. The first kappa shape index (κ1) is 20.3. The van der Waals surface area contributed by atoms with E-state index in [9.17, 15) is 10.4 Å². The van der Waals surface area contributed by atoms with Crippen molar-refractivity contribution in [3.8, 4) is 6.07 Å². The predicted octanol–water partition coefficient (Wildman–Crippen LogP) is 5.05. The third-order valence-corrected chi connectivity index (χ3v) is 11.0. The maximum Gasteiger partial charge on any atom is 0.169 e. The molecule has 29 heavy (non-hydrogen) atoms. The first-order valence-electron chi connectivity index (χ1n) is 12.1. The van der Waals surface area contributed by atoms with Gasteiger partial charge in [-0.3, -0.25) is 0 Å². The van der Waals surface area contributed by atoms with Crippen LogP contribution in [0.15, 0.2) is 0 Å². The zero-order valence-corrected chi connectivity index (χ0v) is 18.6. The molecule has 0 bridgehead atoms. The second kappa shape index (κ2) is 6.68. The van der Waals surface area contributed by atoms with Crippen molar-refractivity contribution in [3.05, 3.63) is 0 Å². The van der Waals surface area contributed by atoms with E-state index < -0.39 is 5.79 Å². The largest absolute Gasteiger partial charge is 0.393 e. The van der Waals surface area contributed by atoms with Gasteiger partial charge in [0.15, 0.2) is 5.79 Å². The number of hydrogen-bond acceptors (Lipinski definition) is 4. The zero-order chi connectivity index (χ0) is 20.5. The van der Waals surface area contributed by atoms with E-state index in [0.29, 0.717) is 36.9 Å². The smallest absolute Gasteiger partial charge is 0.169 e. The minimum Gasteiger partial charge on any atom is -0.393 e. The van der Waals surface area contributed by atoms with Crippen molar-refractivity contribution in [2.75, 3.05) is 13.2 Å². The lowest BCUT2D eigenvalue weighted by atomic mass is 9.40. The molecule has 4 nitrogen and oxygen atoms in total. The highest BCUT2D eigenvalue weighted by Gasteiger charge is 2.67. The number of nitriles is 1. The van der Waals surface area contributed by atoms with Gasteiger partial charge in [0.1, 0.15) is 0 Å². The van der Waals surface area contributed by atoms with Gasteiger partial charge in [0, 0.05) is 12.3 Å². The molecule has 5 rings (SSSR count). The maximum atomic E-state index is 10.4. The molecule has 4 saturated carbocycles. The van der Waals surface area contributed by atoms with E-state index in [0.717, 1.165) is 43.9 Å². The fourth-order valence-corrected chi connectivity index (χ4v) is 9.43. The van der Waals surface area contributed by atoms with E-state index in [1.54, 1.807) is 0 Å². The van der Waals surface area contributed by atoms with Crippen molar-refractivity contribution >= 4 is 0 Å². The number of hydrogen-bond donors (Lipinski definition) is 1. The van der Waals surface area contributed by atoms with Gasteiger partial charge < -0.3 is 14.6 Å². The van der Waals surface area contributed by atoms with Crippen LogP contribution in [0, 0.1) is 51.2 Å². The van der Waals surface area contributed by atoms with Gasteiger partial charge in [-0.15, -0.1) is 0 Å². The van der Waals surface area contributed by atoms with E-state index in [1.165, 1.54) is 25.7 Å². The molecule has 162 valence electrons. The molecule has 4 heteroatoms. The topological polar surface area (TPSA) is 62.5 Å². The van der Waals surface area contributed by atoms with Crippen LogP contribution in [0.4, 0.5) is 0 Å². The van der Waals surface area contributed by atoms with Gasteiger partial charge in [-0.05, 0) is 98.7 Å². The Hall–Kier alpha value is -0.630. The highest BCUT2D eigenvalue weighted by atomic mass is 16.7. The molecule has 4 aliphatic carbocycles. The Morgan fingerprint density at radius 1 is 0.931 bits per heavy atom. The Bertz CT molecular complexity index is 697. The Morgan fingerprint density at radius 2 is 1.69 bits per heavy atom. The highest BCUT2D eigenvalue weighted by Crippen LogP contribution is 2.72. The molecule has 0 amide bonds. The first-order chi connectivity index (χ1) is 13.8. The van der Waals surface area contributed by atoms with Gasteiger partial charge in [-0.1, -0.05) is 13.8 Å². The first-order valence-corrected chi connectivity index (χ1v) is 12.1. The van der Waals surface area contributed by atoms with Gasteiger partial charge in [0.05, 0.1) is 25.4 Å². The molecule has 7 unspecified atom stereocenters. The molecule has 1 N–H and O–H groups in total. The molecular formula is C25H39NO3. The van der Waals surface area contributed by atoms with Crippen LogP contribution < -0.4 is 0 Å². The van der Waals surface area contributed by atoms with Crippen LogP contribution in [-0.4, -0.2) is 30.2 Å². The number of rotatable bonds is 2. The number of ether oxygens (including phenoxy) is 2. The lowest BCUT2D eigenvalue weighted by Crippen LogP contribution is -2.59. The number of aliphatic hydroxyl groups is 1. The van der Waals surface area contributed by atoms with Crippen LogP contribution in [-0.2, 0) is 9.47 Å². The summed E-state index contributed by atoms with van der Waals surface area (Å²) in [6, 6.07) is 2.60. The SMILES string of the molecule is CC1(C2CCC3C4CCC5(C)C[C@H](O)CCC5(C)C4CCC32CC#N)OCCO1. The minimum atomic E-state index is -0.500. The van der Waals surface area contributed by atoms with E-state index in [1.807, 2.05) is 0 Å². The van der Waals surface area contributed by atoms with Gasteiger partial charge in [-0.25, -0.2) is 0 Å². The molecule has 8 atom stereocenters. The van der Waals surface area contributed by atoms with Crippen molar-refractivity contribution in [2.24, 2.45) is 39.9 Å². The number of fused-ring (bicyclic) bond motifs is 5. The van der Waals surface area contributed by atoms with Gasteiger partial charge in [0.2, 0.25) is 0 Å². The highest BCUT2D eigenvalue weighted by molar-refractivity contribution is 5.16. The zero-order valence-electron chi connectivity index (χ0n) is 18.6. The molecule has 0 radical (unpaired) electrons. The van der Waals surface area contributed by atoms with Gasteiger partial charge in [0.25, 0.3) is 0 Å². The Balaban J connectivity index is 1.48. The minimum absolute atomic E-state index is 0.0628. The molecule has 0 aromatic rings. The molecule has 0 aromatic heterocycles. The third-order valence-electron chi connectivity index (χ3n) is 11.0. The molecule has 1 saturated heterocycles. The summed E-state index contributed by atoms with van der Waals surface area (Å²) in [6.07, 6.45) is 10.9.